The number of para-hydroxylation sites is 1. The highest BCUT2D eigenvalue weighted by atomic mass is 32.1. The molecule has 3 heterocycles. The molecule has 1 amide bonds. The SMILES string of the molecule is CN1C(=S)N(c2ccccn2)C(=O)/C1=C/c1nc2ccccc2s1. The number of amides is 1. The summed E-state index contributed by atoms with van der Waals surface area (Å²) in [6.07, 6.45) is 3.42. The molecular formula is C17H12N4OS2. The van der Waals surface area contributed by atoms with E-state index < -0.39 is 0 Å². The Hall–Kier alpha value is -2.64. The molecule has 118 valence electrons. The smallest absolute Gasteiger partial charge is 0.282 e. The second-order valence-corrected chi connectivity index (χ2v) is 6.65. The Labute approximate surface area is 147 Å². The van der Waals surface area contributed by atoms with E-state index in [0.29, 0.717) is 16.6 Å². The van der Waals surface area contributed by atoms with Crippen molar-refractivity contribution in [3.63, 3.8) is 0 Å². The van der Waals surface area contributed by atoms with Crippen LogP contribution in [0.3, 0.4) is 0 Å². The third-order valence-electron chi connectivity index (χ3n) is 3.71. The third-order valence-corrected chi connectivity index (χ3v) is 5.15. The molecule has 0 radical (unpaired) electrons. The molecule has 0 unspecified atom stereocenters. The summed E-state index contributed by atoms with van der Waals surface area (Å²) in [5.74, 6) is 0.326. The lowest BCUT2D eigenvalue weighted by molar-refractivity contribution is -0.114. The number of likely N-dealkylation sites (N-methyl/N-ethyl adjacent to an activating group) is 1. The zero-order valence-corrected chi connectivity index (χ0v) is 14.3. The highest BCUT2D eigenvalue weighted by molar-refractivity contribution is 7.80. The molecule has 0 N–H and O–H groups in total. The van der Waals surface area contributed by atoms with Crippen LogP contribution < -0.4 is 4.90 Å². The van der Waals surface area contributed by atoms with Gasteiger partial charge in [0.05, 0.1) is 10.2 Å². The molecule has 2 aromatic heterocycles. The first-order valence-corrected chi connectivity index (χ1v) is 8.48. The molecule has 7 heteroatoms. The molecule has 0 saturated carbocycles. The van der Waals surface area contributed by atoms with Crippen LogP contribution in [0.2, 0.25) is 0 Å². The van der Waals surface area contributed by atoms with Crippen molar-refractivity contribution in [2.24, 2.45) is 0 Å². The number of rotatable bonds is 2. The lowest BCUT2D eigenvalue weighted by Gasteiger charge is -2.14. The number of thiocarbonyl (C=S) groups is 1. The van der Waals surface area contributed by atoms with E-state index in [2.05, 4.69) is 9.97 Å². The van der Waals surface area contributed by atoms with E-state index in [0.717, 1.165) is 15.2 Å². The van der Waals surface area contributed by atoms with E-state index in [-0.39, 0.29) is 5.91 Å². The summed E-state index contributed by atoms with van der Waals surface area (Å²) in [5.41, 5.74) is 1.41. The summed E-state index contributed by atoms with van der Waals surface area (Å²) < 4.78 is 1.08. The minimum absolute atomic E-state index is 0.194. The molecule has 1 aromatic carbocycles. The van der Waals surface area contributed by atoms with Crippen molar-refractivity contribution in [2.75, 3.05) is 11.9 Å². The molecule has 1 aliphatic rings. The maximum absolute atomic E-state index is 12.8. The minimum atomic E-state index is -0.194. The monoisotopic (exact) mass is 352 g/mol. The molecule has 3 aromatic rings. The van der Waals surface area contributed by atoms with Crippen molar-refractivity contribution >= 4 is 56.7 Å². The molecule has 1 aliphatic heterocycles. The Morgan fingerprint density at radius 2 is 1.96 bits per heavy atom. The van der Waals surface area contributed by atoms with Gasteiger partial charge in [0.25, 0.3) is 5.91 Å². The lowest BCUT2D eigenvalue weighted by Crippen LogP contribution is -2.31. The van der Waals surface area contributed by atoms with Crippen molar-refractivity contribution in [1.29, 1.82) is 0 Å². The van der Waals surface area contributed by atoms with Crippen molar-refractivity contribution in [3.8, 4) is 0 Å². The zero-order chi connectivity index (χ0) is 16.7. The number of benzene rings is 1. The van der Waals surface area contributed by atoms with E-state index in [1.165, 1.54) is 4.90 Å². The van der Waals surface area contributed by atoms with E-state index >= 15 is 0 Å². The zero-order valence-electron chi connectivity index (χ0n) is 12.7. The maximum Gasteiger partial charge on any atom is 0.282 e. The van der Waals surface area contributed by atoms with Gasteiger partial charge in [0.2, 0.25) is 0 Å². The average molecular weight is 352 g/mol. The first-order chi connectivity index (χ1) is 11.6. The molecule has 0 aliphatic carbocycles. The number of pyridine rings is 1. The van der Waals surface area contributed by atoms with Gasteiger partial charge < -0.3 is 4.90 Å². The number of hydrogen-bond donors (Lipinski definition) is 0. The Morgan fingerprint density at radius 1 is 1.17 bits per heavy atom. The van der Waals surface area contributed by atoms with Gasteiger partial charge in [0.1, 0.15) is 16.5 Å². The number of nitrogens with zero attached hydrogens (tertiary/aromatic N) is 4. The summed E-state index contributed by atoms with van der Waals surface area (Å²) in [4.78, 5) is 24.7. The summed E-state index contributed by atoms with van der Waals surface area (Å²) in [7, 11) is 1.78. The lowest BCUT2D eigenvalue weighted by atomic mass is 10.3. The van der Waals surface area contributed by atoms with Crippen molar-refractivity contribution in [3.05, 3.63) is 59.4 Å². The molecule has 1 saturated heterocycles. The van der Waals surface area contributed by atoms with Crippen LogP contribution in [-0.4, -0.2) is 32.9 Å². The third kappa shape index (κ3) is 2.38. The largest absolute Gasteiger partial charge is 0.316 e. The highest BCUT2D eigenvalue weighted by Crippen LogP contribution is 2.29. The van der Waals surface area contributed by atoms with Gasteiger partial charge in [-0.1, -0.05) is 18.2 Å². The molecule has 24 heavy (non-hydrogen) atoms. The number of carbonyl (C=O) groups excluding carboxylic acids is 1. The highest BCUT2D eigenvalue weighted by Gasteiger charge is 2.37. The fourth-order valence-corrected chi connectivity index (χ4v) is 3.69. The summed E-state index contributed by atoms with van der Waals surface area (Å²) in [5, 5.41) is 1.18. The average Bonchev–Trinajstić information content (AvgIpc) is 3.10. The van der Waals surface area contributed by atoms with Gasteiger partial charge in [0, 0.05) is 19.3 Å². The predicted molar refractivity (Wildman–Crippen MR) is 99.7 cm³/mol. The van der Waals surface area contributed by atoms with Crippen molar-refractivity contribution in [2.45, 2.75) is 0 Å². The van der Waals surface area contributed by atoms with Crippen LogP contribution in [0, 0.1) is 0 Å². The van der Waals surface area contributed by atoms with E-state index in [9.17, 15) is 4.79 Å². The molecule has 0 bridgehead atoms. The van der Waals surface area contributed by atoms with E-state index in [1.54, 1.807) is 47.7 Å². The van der Waals surface area contributed by atoms with Gasteiger partial charge in [-0.3, -0.25) is 4.79 Å². The standard InChI is InChI=1S/C17H12N4OS2/c1-20-12(10-15-19-11-6-2-3-7-13(11)24-15)16(22)21(17(20)23)14-8-4-5-9-18-14/h2-10H,1H3/b12-10-. The number of anilines is 1. The number of hydrogen-bond acceptors (Lipinski definition) is 5. The van der Waals surface area contributed by atoms with Crippen LogP contribution in [0.1, 0.15) is 5.01 Å². The quantitative estimate of drug-likeness (QED) is 0.523. The van der Waals surface area contributed by atoms with Crippen LogP contribution >= 0.6 is 23.6 Å². The van der Waals surface area contributed by atoms with E-state index in [1.807, 2.05) is 30.3 Å². The van der Waals surface area contributed by atoms with E-state index in [4.69, 9.17) is 12.2 Å². The number of carbonyl (C=O) groups is 1. The van der Waals surface area contributed by atoms with Crippen LogP contribution in [0.4, 0.5) is 5.82 Å². The van der Waals surface area contributed by atoms with Crippen LogP contribution in [0.25, 0.3) is 16.3 Å². The molecule has 5 nitrogen and oxygen atoms in total. The number of fused-ring (bicyclic) bond motifs is 1. The Bertz CT molecular complexity index is 947. The minimum Gasteiger partial charge on any atom is -0.316 e. The van der Waals surface area contributed by atoms with Gasteiger partial charge >= 0.3 is 0 Å². The molecule has 4 rings (SSSR count). The van der Waals surface area contributed by atoms with Gasteiger partial charge in [-0.15, -0.1) is 11.3 Å². The fraction of sp³-hybridized carbons (Fsp3) is 0.0588. The van der Waals surface area contributed by atoms with Gasteiger partial charge in [-0.25, -0.2) is 14.9 Å². The number of thiazole rings is 1. The van der Waals surface area contributed by atoms with Crippen molar-refractivity contribution < 1.29 is 4.79 Å². The second kappa shape index (κ2) is 5.77. The van der Waals surface area contributed by atoms with Crippen LogP contribution in [0.15, 0.2) is 54.4 Å². The van der Waals surface area contributed by atoms with Crippen LogP contribution in [0.5, 0.6) is 0 Å². The summed E-state index contributed by atoms with van der Waals surface area (Å²) >= 11 is 6.96. The topological polar surface area (TPSA) is 49.3 Å². The molecule has 0 spiro atoms. The Balaban J connectivity index is 1.75. The maximum atomic E-state index is 12.8. The summed E-state index contributed by atoms with van der Waals surface area (Å²) in [6, 6.07) is 13.3. The molecule has 0 atom stereocenters. The molecule has 1 fully saturated rings. The predicted octanol–water partition coefficient (Wildman–Crippen LogP) is 3.30. The number of aromatic nitrogens is 2. The Kier molecular flexibility index (Phi) is 3.59. The first kappa shape index (κ1) is 14.9. The van der Waals surface area contributed by atoms with Crippen molar-refractivity contribution in [1.82, 2.24) is 14.9 Å². The van der Waals surface area contributed by atoms with Crippen LogP contribution in [-0.2, 0) is 4.79 Å². The fourth-order valence-electron chi connectivity index (χ4n) is 2.51. The van der Waals surface area contributed by atoms with Gasteiger partial charge in [0.15, 0.2) is 5.11 Å². The van der Waals surface area contributed by atoms with Gasteiger partial charge in [-0.05, 0) is 36.5 Å². The normalized spacial score (nSPS) is 16.6. The Morgan fingerprint density at radius 3 is 2.71 bits per heavy atom. The summed E-state index contributed by atoms with van der Waals surface area (Å²) in [6.45, 7) is 0. The first-order valence-electron chi connectivity index (χ1n) is 7.25. The van der Waals surface area contributed by atoms with Gasteiger partial charge in [-0.2, -0.15) is 0 Å². The second-order valence-electron chi connectivity index (χ2n) is 5.22. The molecular weight excluding hydrogens is 340 g/mol.